The lowest BCUT2D eigenvalue weighted by Gasteiger charge is -2.36. The third kappa shape index (κ3) is 5.08. The molecule has 1 aromatic rings. The minimum Gasteiger partial charge on any atom is -0.385 e. The minimum absolute atomic E-state index is 0.000784. The highest BCUT2D eigenvalue weighted by Crippen LogP contribution is 2.40. The molecule has 5 heteroatoms. The molecule has 138 valence electrons. The SMILES string of the molecule is CC(C)C(=O)NSc1ccc(C2(O)CCC(C(=O)C(C)C)CC2)cc1. The zero-order valence-electron chi connectivity index (χ0n) is 15.5. The molecule has 0 saturated heterocycles. The Morgan fingerprint density at radius 2 is 1.64 bits per heavy atom. The van der Waals surface area contributed by atoms with E-state index in [9.17, 15) is 14.7 Å². The third-order valence-electron chi connectivity index (χ3n) is 4.97. The summed E-state index contributed by atoms with van der Waals surface area (Å²) in [6.07, 6.45) is 2.72. The number of carbonyl (C=O) groups is 2. The van der Waals surface area contributed by atoms with Gasteiger partial charge in [-0.25, -0.2) is 0 Å². The highest BCUT2D eigenvalue weighted by molar-refractivity contribution is 7.98. The lowest BCUT2D eigenvalue weighted by molar-refractivity contribution is -0.129. The van der Waals surface area contributed by atoms with Crippen LogP contribution in [-0.2, 0) is 15.2 Å². The molecular weight excluding hydrogens is 334 g/mol. The second-order valence-electron chi connectivity index (χ2n) is 7.61. The summed E-state index contributed by atoms with van der Waals surface area (Å²) in [5, 5.41) is 11.0. The first-order valence-corrected chi connectivity index (χ1v) is 9.88. The number of carbonyl (C=O) groups excluding carboxylic acids is 2. The third-order valence-corrected chi connectivity index (χ3v) is 5.78. The maximum absolute atomic E-state index is 12.1. The van der Waals surface area contributed by atoms with Crippen LogP contribution < -0.4 is 4.72 Å². The van der Waals surface area contributed by atoms with Gasteiger partial charge in [-0.2, -0.15) is 0 Å². The smallest absolute Gasteiger partial charge is 0.232 e. The van der Waals surface area contributed by atoms with Gasteiger partial charge in [0, 0.05) is 22.6 Å². The summed E-state index contributed by atoms with van der Waals surface area (Å²) in [6.45, 7) is 7.60. The average Bonchev–Trinajstić information content (AvgIpc) is 2.60. The van der Waals surface area contributed by atoms with Crippen molar-refractivity contribution >= 4 is 23.6 Å². The molecule has 0 aromatic heterocycles. The van der Waals surface area contributed by atoms with Crippen LogP contribution in [0.1, 0.15) is 58.9 Å². The second kappa shape index (κ2) is 8.37. The zero-order valence-corrected chi connectivity index (χ0v) is 16.4. The fourth-order valence-corrected chi connectivity index (χ4v) is 3.93. The number of amides is 1. The maximum atomic E-state index is 12.1. The lowest BCUT2D eigenvalue weighted by Crippen LogP contribution is -2.35. The van der Waals surface area contributed by atoms with Gasteiger partial charge in [0.2, 0.25) is 5.91 Å². The molecule has 0 aliphatic heterocycles. The molecule has 0 unspecified atom stereocenters. The lowest BCUT2D eigenvalue weighted by atomic mass is 9.73. The Labute approximate surface area is 154 Å². The van der Waals surface area contributed by atoms with Crippen molar-refractivity contribution in [1.29, 1.82) is 0 Å². The van der Waals surface area contributed by atoms with Crippen molar-refractivity contribution in [3.8, 4) is 0 Å². The van der Waals surface area contributed by atoms with E-state index in [1.807, 2.05) is 52.0 Å². The molecule has 0 heterocycles. The van der Waals surface area contributed by atoms with Crippen molar-refractivity contribution in [3.05, 3.63) is 29.8 Å². The number of hydrogen-bond donors (Lipinski definition) is 2. The molecule has 25 heavy (non-hydrogen) atoms. The van der Waals surface area contributed by atoms with Crippen LogP contribution in [0.3, 0.4) is 0 Å². The number of hydrogen-bond acceptors (Lipinski definition) is 4. The van der Waals surface area contributed by atoms with Crippen molar-refractivity contribution < 1.29 is 14.7 Å². The van der Waals surface area contributed by atoms with Gasteiger partial charge in [-0.05, 0) is 55.3 Å². The van der Waals surface area contributed by atoms with Gasteiger partial charge >= 0.3 is 0 Å². The molecule has 2 rings (SSSR count). The van der Waals surface area contributed by atoms with Crippen molar-refractivity contribution in [1.82, 2.24) is 4.72 Å². The Bertz CT molecular complexity index is 602. The normalized spacial score (nSPS) is 23.7. The Kier molecular flexibility index (Phi) is 6.69. The molecule has 0 spiro atoms. The van der Waals surface area contributed by atoms with Gasteiger partial charge in [-0.1, -0.05) is 39.8 Å². The molecule has 1 fully saturated rings. The van der Waals surface area contributed by atoms with Crippen LogP contribution in [0.4, 0.5) is 0 Å². The van der Waals surface area contributed by atoms with Crippen molar-refractivity contribution in [3.63, 3.8) is 0 Å². The van der Waals surface area contributed by atoms with Crippen LogP contribution >= 0.6 is 11.9 Å². The van der Waals surface area contributed by atoms with E-state index < -0.39 is 5.60 Å². The summed E-state index contributed by atoms with van der Waals surface area (Å²) in [7, 11) is 0. The Morgan fingerprint density at radius 3 is 2.12 bits per heavy atom. The number of ketones is 1. The second-order valence-corrected chi connectivity index (χ2v) is 8.49. The van der Waals surface area contributed by atoms with Gasteiger partial charge in [0.1, 0.15) is 5.78 Å². The fraction of sp³-hybridized carbons (Fsp3) is 0.600. The quantitative estimate of drug-likeness (QED) is 0.748. The first-order chi connectivity index (χ1) is 11.7. The minimum atomic E-state index is -0.849. The van der Waals surface area contributed by atoms with Crippen molar-refractivity contribution in [2.45, 2.75) is 63.9 Å². The summed E-state index contributed by atoms with van der Waals surface area (Å²) >= 11 is 1.29. The average molecular weight is 364 g/mol. The van der Waals surface area contributed by atoms with Gasteiger partial charge in [0.15, 0.2) is 0 Å². The predicted molar refractivity (Wildman–Crippen MR) is 101 cm³/mol. The van der Waals surface area contributed by atoms with E-state index in [0.717, 1.165) is 23.3 Å². The molecule has 2 N–H and O–H groups in total. The summed E-state index contributed by atoms with van der Waals surface area (Å²) < 4.78 is 2.81. The van der Waals surface area contributed by atoms with Crippen molar-refractivity contribution in [2.24, 2.45) is 17.8 Å². The first kappa shape index (κ1) is 20.0. The van der Waals surface area contributed by atoms with E-state index in [-0.39, 0.29) is 23.7 Å². The predicted octanol–water partition coefficient (Wildman–Crippen LogP) is 4.07. The molecule has 1 aliphatic carbocycles. The molecule has 0 radical (unpaired) electrons. The molecular formula is C20H29NO3S. The van der Waals surface area contributed by atoms with E-state index in [1.54, 1.807) is 0 Å². The number of rotatable bonds is 6. The molecule has 0 bridgehead atoms. The maximum Gasteiger partial charge on any atom is 0.232 e. The first-order valence-electron chi connectivity index (χ1n) is 9.06. The number of benzene rings is 1. The van der Waals surface area contributed by atoms with Crippen LogP contribution in [-0.4, -0.2) is 16.8 Å². The largest absolute Gasteiger partial charge is 0.385 e. The molecule has 4 nitrogen and oxygen atoms in total. The molecule has 1 aromatic carbocycles. The monoisotopic (exact) mass is 363 g/mol. The Hall–Kier alpha value is -1.33. The van der Waals surface area contributed by atoms with E-state index in [2.05, 4.69) is 4.72 Å². The highest BCUT2D eigenvalue weighted by Gasteiger charge is 2.37. The summed E-state index contributed by atoms with van der Waals surface area (Å²) in [5.74, 6) is 0.418. The van der Waals surface area contributed by atoms with Gasteiger partial charge in [-0.15, -0.1) is 0 Å². The summed E-state index contributed by atoms with van der Waals surface area (Å²) in [4.78, 5) is 24.7. The van der Waals surface area contributed by atoms with Gasteiger partial charge in [0.25, 0.3) is 0 Å². The van der Waals surface area contributed by atoms with Crippen LogP contribution in [0, 0.1) is 17.8 Å². The van der Waals surface area contributed by atoms with E-state index in [0.29, 0.717) is 18.6 Å². The standard InChI is InChI=1S/C20H29NO3S/c1-13(2)18(22)15-9-11-20(24,12-10-15)16-5-7-17(8-6-16)25-21-19(23)14(3)4/h5-8,13-15,24H,9-12H2,1-4H3,(H,21,23). The summed E-state index contributed by atoms with van der Waals surface area (Å²) in [6, 6.07) is 7.69. The van der Waals surface area contributed by atoms with Crippen molar-refractivity contribution in [2.75, 3.05) is 0 Å². The molecule has 1 amide bonds. The molecule has 1 saturated carbocycles. The van der Waals surface area contributed by atoms with Crippen LogP contribution in [0.5, 0.6) is 0 Å². The number of Topliss-reactive ketones (excluding diaryl/α,β-unsaturated/α-hetero) is 1. The topological polar surface area (TPSA) is 66.4 Å². The fourth-order valence-electron chi connectivity index (χ4n) is 3.20. The molecule has 0 atom stereocenters. The van der Waals surface area contributed by atoms with E-state index in [1.165, 1.54) is 11.9 Å². The van der Waals surface area contributed by atoms with Gasteiger partial charge < -0.3 is 5.11 Å². The van der Waals surface area contributed by atoms with Crippen LogP contribution in [0.25, 0.3) is 0 Å². The van der Waals surface area contributed by atoms with E-state index in [4.69, 9.17) is 0 Å². The summed E-state index contributed by atoms with van der Waals surface area (Å²) in [5.41, 5.74) is 0.0421. The van der Waals surface area contributed by atoms with Crippen LogP contribution in [0.15, 0.2) is 29.2 Å². The highest BCUT2D eigenvalue weighted by atomic mass is 32.2. The Morgan fingerprint density at radius 1 is 1.08 bits per heavy atom. The van der Waals surface area contributed by atoms with Crippen LogP contribution in [0.2, 0.25) is 0 Å². The molecule has 1 aliphatic rings. The van der Waals surface area contributed by atoms with Gasteiger partial charge in [0.05, 0.1) is 5.60 Å². The Balaban J connectivity index is 1.95. The van der Waals surface area contributed by atoms with Gasteiger partial charge in [-0.3, -0.25) is 14.3 Å². The number of nitrogens with one attached hydrogen (secondary N) is 1. The van der Waals surface area contributed by atoms with E-state index >= 15 is 0 Å². The zero-order chi connectivity index (χ0) is 18.6. The number of aliphatic hydroxyl groups is 1.